The van der Waals surface area contributed by atoms with E-state index in [1.807, 2.05) is 30.5 Å². The summed E-state index contributed by atoms with van der Waals surface area (Å²) < 4.78 is 27.7. The lowest BCUT2D eigenvalue weighted by Gasteiger charge is -2.17. The lowest BCUT2D eigenvalue weighted by atomic mass is 10.1. The van der Waals surface area contributed by atoms with Gasteiger partial charge in [-0.25, -0.2) is 13.1 Å². The van der Waals surface area contributed by atoms with Gasteiger partial charge in [0.2, 0.25) is 10.0 Å². The van der Waals surface area contributed by atoms with Gasteiger partial charge in [-0.15, -0.1) is 11.3 Å². The fourth-order valence-corrected chi connectivity index (χ4v) is 4.21. The van der Waals surface area contributed by atoms with Gasteiger partial charge in [0.25, 0.3) is 0 Å². The van der Waals surface area contributed by atoms with Crippen molar-refractivity contribution in [2.45, 2.75) is 30.7 Å². The number of nitrogens with zero attached hydrogens (tertiary/aromatic N) is 1. The van der Waals surface area contributed by atoms with Crippen LogP contribution >= 0.6 is 11.3 Å². The van der Waals surface area contributed by atoms with E-state index in [4.69, 9.17) is 5.26 Å². The highest BCUT2D eigenvalue weighted by molar-refractivity contribution is 7.89. The molecule has 110 valence electrons. The van der Waals surface area contributed by atoms with E-state index >= 15 is 0 Å². The largest absolute Gasteiger partial charge is 0.241 e. The first-order chi connectivity index (χ1) is 10.1. The summed E-state index contributed by atoms with van der Waals surface area (Å²) >= 11 is 1.54. The van der Waals surface area contributed by atoms with Gasteiger partial charge in [0.05, 0.1) is 22.6 Å². The van der Waals surface area contributed by atoms with E-state index in [0.29, 0.717) is 5.56 Å². The smallest absolute Gasteiger partial charge is 0.207 e. The summed E-state index contributed by atoms with van der Waals surface area (Å²) in [6.07, 6.45) is 1.61. The molecule has 1 N–H and O–H groups in total. The predicted molar refractivity (Wildman–Crippen MR) is 83.4 cm³/mol. The number of rotatable bonds is 6. The minimum absolute atomic E-state index is 0.124. The zero-order valence-corrected chi connectivity index (χ0v) is 13.2. The summed E-state index contributed by atoms with van der Waals surface area (Å²) in [5, 5.41) is 10.8. The topological polar surface area (TPSA) is 70.0 Å². The Bertz CT molecular complexity index is 731. The molecule has 21 heavy (non-hydrogen) atoms. The van der Waals surface area contributed by atoms with Gasteiger partial charge in [0.1, 0.15) is 0 Å². The van der Waals surface area contributed by atoms with Gasteiger partial charge in [0, 0.05) is 4.88 Å². The minimum atomic E-state index is -3.63. The van der Waals surface area contributed by atoms with Crippen molar-refractivity contribution >= 4 is 21.4 Å². The summed E-state index contributed by atoms with van der Waals surface area (Å²) in [5.74, 6) is 0. The molecule has 0 aliphatic carbocycles. The Balaban J connectivity index is 2.28. The second-order valence-corrected chi connectivity index (χ2v) is 7.31. The van der Waals surface area contributed by atoms with E-state index in [1.54, 1.807) is 12.1 Å². The molecule has 1 aromatic heterocycles. The maximum atomic E-state index is 12.5. The van der Waals surface area contributed by atoms with Gasteiger partial charge in [-0.1, -0.05) is 25.5 Å². The summed E-state index contributed by atoms with van der Waals surface area (Å²) in [5.41, 5.74) is 0.334. The first-order valence-corrected chi connectivity index (χ1v) is 8.99. The normalized spacial score (nSPS) is 12.8. The van der Waals surface area contributed by atoms with Crippen LogP contribution in [0.25, 0.3) is 0 Å². The molecule has 4 nitrogen and oxygen atoms in total. The number of hydrogen-bond donors (Lipinski definition) is 1. The van der Waals surface area contributed by atoms with Crippen LogP contribution in [0.15, 0.2) is 46.7 Å². The molecule has 0 aliphatic heterocycles. The molecular weight excluding hydrogens is 304 g/mol. The number of sulfonamides is 1. The number of thiophene rings is 1. The molecule has 0 bridgehead atoms. The summed E-state index contributed by atoms with van der Waals surface area (Å²) in [7, 11) is -3.63. The molecule has 0 saturated heterocycles. The van der Waals surface area contributed by atoms with Crippen molar-refractivity contribution < 1.29 is 8.42 Å². The van der Waals surface area contributed by atoms with Gasteiger partial charge in [-0.2, -0.15) is 5.26 Å². The number of benzene rings is 1. The van der Waals surface area contributed by atoms with E-state index < -0.39 is 10.0 Å². The molecule has 6 heteroatoms. The summed E-state index contributed by atoms with van der Waals surface area (Å²) in [6, 6.07) is 11.6. The van der Waals surface area contributed by atoms with E-state index in [2.05, 4.69) is 4.72 Å². The second kappa shape index (κ2) is 6.85. The quantitative estimate of drug-likeness (QED) is 0.886. The van der Waals surface area contributed by atoms with E-state index in [9.17, 15) is 8.42 Å². The van der Waals surface area contributed by atoms with Crippen LogP contribution in [-0.4, -0.2) is 8.42 Å². The zero-order chi connectivity index (χ0) is 15.3. The average Bonchev–Trinajstić information content (AvgIpc) is 3.01. The third-order valence-corrected chi connectivity index (χ3v) is 5.49. The first kappa shape index (κ1) is 15.7. The Morgan fingerprint density at radius 3 is 2.76 bits per heavy atom. The van der Waals surface area contributed by atoms with Crippen molar-refractivity contribution in [1.82, 2.24) is 4.72 Å². The van der Waals surface area contributed by atoms with E-state index in [-0.39, 0.29) is 10.9 Å². The van der Waals surface area contributed by atoms with Crippen molar-refractivity contribution in [2.24, 2.45) is 0 Å². The van der Waals surface area contributed by atoms with Crippen molar-refractivity contribution in [2.75, 3.05) is 0 Å². The Kier molecular flexibility index (Phi) is 5.12. The van der Waals surface area contributed by atoms with Gasteiger partial charge >= 0.3 is 0 Å². The molecule has 0 spiro atoms. The minimum Gasteiger partial charge on any atom is -0.207 e. The fraction of sp³-hybridized carbons (Fsp3) is 0.267. The van der Waals surface area contributed by atoms with Crippen LogP contribution in [0.1, 0.15) is 36.2 Å². The Labute approximate surface area is 129 Å². The van der Waals surface area contributed by atoms with Crippen LogP contribution in [0.3, 0.4) is 0 Å². The van der Waals surface area contributed by atoms with Gasteiger partial charge in [-0.05, 0) is 36.1 Å². The van der Waals surface area contributed by atoms with E-state index in [0.717, 1.165) is 17.7 Å². The molecular formula is C15H16N2O2S2. The Hall–Kier alpha value is -1.68. The number of nitrogens with one attached hydrogen (secondary N) is 1. The van der Waals surface area contributed by atoms with Crippen LogP contribution < -0.4 is 4.72 Å². The lowest BCUT2D eigenvalue weighted by molar-refractivity contribution is 0.540. The molecule has 0 amide bonds. The Morgan fingerprint density at radius 2 is 2.14 bits per heavy atom. The first-order valence-electron chi connectivity index (χ1n) is 6.62. The molecule has 2 rings (SSSR count). The third-order valence-electron chi connectivity index (χ3n) is 3.03. The SMILES string of the molecule is CCCC(NS(=O)(=O)c1cccc(C#N)c1)c1cccs1. The van der Waals surface area contributed by atoms with Crippen LogP contribution in [0, 0.1) is 11.3 Å². The number of hydrogen-bond acceptors (Lipinski definition) is 4. The summed E-state index contributed by atoms with van der Waals surface area (Å²) in [4.78, 5) is 1.12. The van der Waals surface area contributed by atoms with Crippen molar-refractivity contribution in [1.29, 1.82) is 5.26 Å². The predicted octanol–water partition coefficient (Wildman–Crippen LogP) is 3.44. The standard InChI is InChI=1S/C15H16N2O2S2/c1-2-5-14(15-8-4-9-20-15)17-21(18,19)13-7-3-6-12(10-13)11-16/h3-4,6-10,14,17H,2,5H2,1H3. The van der Waals surface area contributed by atoms with Crippen molar-refractivity contribution in [3.63, 3.8) is 0 Å². The van der Waals surface area contributed by atoms with Crippen LogP contribution in [0.4, 0.5) is 0 Å². The Morgan fingerprint density at radius 1 is 1.33 bits per heavy atom. The number of nitriles is 1. The highest BCUT2D eigenvalue weighted by atomic mass is 32.2. The molecule has 1 unspecified atom stereocenters. The monoisotopic (exact) mass is 320 g/mol. The lowest BCUT2D eigenvalue weighted by Crippen LogP contribution is -2.28. The highest BCUT2D eigenvalue weighted by Gasteiger charge is 2.21. The third kappa shape index (κ3) is 3.91. The molecule has 0 fully saturated rings. The van der Waals surface area contributed by atoms with Crippen molar-refractivity contribution in [3.05, 3.63) is 52.2 Å². The maximum absolute atomic E-state index is 12.5. The van der Waals surface area contributed by atoms with Gasteiger partial charge in [0.15, 0.2) is 0 Å². The summed E-state index contributed by atoms with van der Waals surface area (Å²) in [6.45, 7) is 2.02. The fourth-order valence-electron chi connectivity index (χ4n) is 2.03. The second-order valence-electron chi connectivity index (χ2n) is 4.62. The molecule has 1 heterocycles. The van der Waals surface area contributed by atoms with Gasteiger partial charge < -0.3 is 0 Å². The van der Waals surface area contributed by atoms with Gasteiger partial charge in [-0.3, -0.25) is 0 Å². The van der Waals surface area contributed by atoms with Crippen LogP contribution in [0.5, 0.6) is 0 Å². The van der Waals surface area contributed by atoms with Crippen LogP contribution in [0.2, 0.25) is 0 Å². The molecule has 1 atom stereocenters. The maximum Gasteiger partial charge on any atom is 0.241 e. The van der Waals surface area contributed by atoms with Crippen molar-refractivity contribution in [3.8, 4) is 6.07 Å². The van der Waals surface area contributed by atoms with E-state index in [1.165, 1.54) is 23.5 Å². The molecule has 0 saturated carbocycles. The highest BCUT2D eigenvalue weighted by Crippen LogP contribution is 2.25. The molecule has 0 aliphatic rings. The molecule has 0 radical (unpaired) electrons. The van der Waals surface area contributed by atoms with Crippen LogP contribution in [-0.2, 0) is 10.0 Å². The molecule has 1 aromatic carbocycles. The average molecular weight is 320 g/mol. The zero-order valence-electron chi connectivity index (χ0n) is 11.6. The molecule has 2 aromatic rings.